The van der Waals surface area contributed by atoms with Gasteiger partial charge in [-0.3, -0.25) is 0 Å². The predicted molar refractivity (Wildman–Crippen MR) is 167 cm³/mol. The fourth-order valence-electron chi connectivity index (χ4n) is 5.46. The van der Waals surface area contributed by atoms with E-state index < -0.39 is 0 Å². The van der Waals surface area contributed by atoms with E-state index in [0.29, 0.717) is 13.1 Å². The van der Waals surface area contributed by atoms with Crippen molar-refractivity contribution in [2.75, 3.05) is 23.7 Å². The number of ether oxygens (including phenoxy) is 2. The molecule has 2 heterocycles. The Morgan fingerprint density at radius 2 is 0.976 bits per heavy atom. The van der Waals surface area contributed by atoms with Crippen molar-refractivity contribution in [3.8, 4) is 0 Å². The first-order valence-corrected chi connectivity index (χ1v) is 16.1. The van der Waals surface area contributed by atoms with E-state index in [1.54, 1.807) is 0 Å². The average molecular weight is 585 g/mol. The zero-order chi connectivity index (χ0) is 30.2. The van der Waals surface area contributed by atoms with E-state index in [4.69, 9.17) is 9.47 Å². The van der Waals surface area contributed by atoms with E-state index in [9.17, 15) is 19.8 Å². The van der Waals surface area contributed by atoms with Crippen LogP contribution in [0, 0.1) is 0 Å². The molecule has 1 aromatic rings. The number of benzene rings is 1. The third-order valence-electron chi connectivity index (χ3n) is 7.92. The lowest BCUT2D eigenvalue weighted by molar-refractivity contribution is -0.140. The van der Waals surface area contributed by atoms with Gasteiger partial charge in [0, 0.05) is 35.6 Å². The molecule has 0 spiro atoms. The number of carbonyl (C=O) groups is 2. The Balaban J connectivity index is 1.14. The van der Waals surface area contributed by atoms with Gasteiger partial charge in [0.05, 0.1) is 12.2 Å². The molecule has 8 nitrogen and oxygen atoms in total. The first kappa shape index (κ1) is 33.7. The van der Waals surface area contributed by atoms with E-state index in [1.165, 1.54) is 0 Å². The van der Waals surface area contributed by atoms with Crippen LogP contribution >= 0.6 is 0 Å². The molecule has 0 radical (unpaired) electrons. The van der Waals surface area contributed by atoms with Crippen LogP contribution in [0.4, 0.5) is 11.4 Å². The molecule has 2 aliphatic rings. The zero-order valence-corrected chi connectivity index (χ0v) is 25.6. The minimum Gasteiger partial charge on any atom is -0.455 e. The number of hydrogen-bond acceptors (Lipinski definition) is 8. The van der Waals surface area contributed by atoms with Crippen LogP contribution in [-0.4, -0.2) is 59.7 Å². The Labute approximate surface area is 251 Å². The van der Waals surface area contributed by atoms with Crippen molar-refractivity contribution in [1.29, 1.82) is 0 Å². The molecule has 0 saturated carbocycles. The summed E-state index contributed by atoms with van der Waals surface area (Å²) in [7, 11) is 0. The Hall–Kier alpha value is -2.84. The lowest BCUT2D eigenvalue weighted by Crippen LogP contribution is -2.20. The molecule has 8 heteroatoms. The zero-order valence-electron chi connectivity index (χ0n) is 25.6. The number of rotatable bonds is 22. The third-order valence-corrected chi connectivity index (χ3v) is 7.92. The fourth-order valence-corrected chi connectivity index (χ4v) is 5.46. The highest BCUT2D eigenvalue weighted by Crippen LogP contribution is 2.21. The number of hydrogen-bond donors (Lipinski definition) is 4. The number of aliphatic hydroxyl groups excluding tert-OH is 2. The maximum Gasteiger partial charge on any atom is 0.334 e. The summed E-state index contributed by atoms with van der Waals surface area (Å²) in [6.45, 7) is 4.81. The van der Waals surface area contributed by atoms with E-state index >= 15 is 0 Å². The lowest BCUT2D eigenvalue weighted by Gasteiger charge is -2.15. The monoisotopic (exact) mass is 584 g/mol. The van der Waals surface area contributed by atoms with Gasteiger partial charge in [-0.1, -0.05) is 51.4 Å². The second-order valence-corrected chi connectivity index (χ2v) is 11.9. The molecule has 0 aromatic heterocycles. The standard InChI is InChI=1S/C34H52N2O6/c1-25-21-27(33(39)41-25)13-9-5-3-7-11-15-31(37)23-35-29-17-19-30(20-18-29)36-24-32(38)16-12-8-4-6-10-14-28-22-26(2)42-34(28)40/h17-22,25-26,31-32,35-38H,3-16,23-24H2,1-2H3/t25-,26-,31?,32?/m0/s1. The summed E-state index contributed by atoms with van der Waals surface area (Å²) >= 11 is 0. The fraction of sp³-hybridized carbons (Fsp3) is 0.647. The van der Waals surface area contributed by atoms with Gasteiger partial charge in [-0.25, -0.2) is 9.59 Å². The Bertz CT molecular complexity index is 940. The quantitative estimate of drug-likeness (QED) is 0.0909. The Kier molecular flexibility index (Phi) is 14.9. The molecule has 2 aliphatic heterocycles. The molecule has 2 unspecified atom stereocenters. The first-order valence-electron chi connectivity index (χ1n) is 16.1. The van der Waals surface area contributed by atoms with Gasteiger partial charge in [0.1, 0.15) is 12.2 Å². The molecular weight excluding hydrogens is 532 g/mol. The van der Waals surface area contributed by atoms with Crippen LogP contribution in [0.15, 0.2) is 47.6 Å². The molecule has 234 valence electrons. The molecule has 0 aliphatic carbocycles. The Morgan fingerprint density at radius 3 is 1.33 bits per heavy atom. The summed E-state index contributed by atoms with van der Waals surface area (Å²) < 4.78 is 10.3. The molecule has 0 fully saturated rings. The number of carbonyl (C=O) groups excluding carboxylic acids is 2. The average Bonchev–Trinajstić information content (AvgIpc) is 3.47. The van der Waals surface area contributed by atoms with Gasteiger partial charge >= 0.3 is 11.9 Å². The van der Waals surface area contributed by atoms with Crippen molar-refractivity contribution in [3.05, 3.63) is 47.6 Å². The summed E-state index contributed by atoms with van der Waals surface area (Å²) in [5.74, 6) is -0.319. The highest BCUT2D eigenvalue weighted by atomic mass is 16.6. The summed E-state index contributed by atoms with van der Waals surface area (Å²) in [4.78, 5) is 23.2. The normalized spacial score (nSPS) is 19.6. The summed E-state index contributed by atoms with van der Waals surface area (Å²) in [6.07, 6.45) is 16.6. The second-order valence-electron chi connectivity index (χ2n) is 11.9. The van der Waals surface area contributed by atoms with Gasteiger partial charge < -0.3 is 30.3 Å². The molecule has 42 heavy (non-hydrogen) atoms. The van der Waals surface area contributed by atoms with Gasteiger partial charge in [0.25, 0.3) is 0 Å². The topological polar surface area (TPSA) is 117 Å². The van der Waals surface area contributed by atoms with Crippen LogP contribution in [0.25, 0.3) is 0 Å². The number of cyclic esters (lactones) is 2. The highest BCUT2D eigenvalue weighted by molar-refractivity contribution is 5.91. The maximum atomic E-state index is 11.6. The predicted octanol–water partition coefficient (Wildman–Crippen LogP) is 6.44. The SMILES string of the molecule is C[C@H]1C=C(CCCCCCCC(O)CNc2ccc(NCC(O)CCCCCCCC3=C[C@H](C)OC3=O)cc2)C(=O)O1. The molecule has 1 aromatic carbocycles. The molecule has 4 N–H and O–H groups in total. The van der Waals surface area contributed by atoms with Crippen LogP contribution in [-0.2, 0) is 19.1 Å². The van der Waals surface area contributed by atoms with E-state index in [1.807, 2.05) is 50.3 Å². The molecular formula is C34H52N2O6. The minimum absolute atomic E-state index is 0.0835. The van der Waals surface area contributed by atoms with Crippen LogP contribution in [0.2, 0.25) is 0 Å². The maximum absolute atomic E-state index is 11.6. The van der Waals surface area contributed by atoms with Crippen LogP contribution in [0.3, 0.4) is 0 Å². The van der Waals surface area contributed by atoms with Crippen molar-refractivity contribution in [3.63, 3.8) is 0 Å². The van der Waals surface area contributed by atoms with Crippen LogP contribution in [0.5, 0.6) is 0 Å². The smallest absolute Gasteiger partial charge is 0.334 e. The highest BCUT2D eigenvalue weighted by Gasteiger charge is 2.22. The Morgan fingerprint density at radius 1 is 0.619 bits per heavy atom. The first-order chi connectivity index (χ1) is 20.3. The lowest BCUT2D eigenvalue weighted by atomic mass is 10.0. The minimum atomic E-state index is -0.384. The largest absolute Gasteiger partial charge is 0.455 e. The van der Waals surface area contributed by atoms with Gasteiger partial charge in [0.15, 0.2) is 0 Å². The van der Waals surface area contributed by atoms with Crippen molar-refractivity contribution in [2.24, 2.45) is 0 Å². The third kappa shape index (κ3) is 13.0. The van der Waals surface area contributed by atoms with Crippen LogP contribution < -0.4 is 10.6 Å². The van der Waals surface area contributed by atoms with Gasteiger partial charge in [-0.05, 0) is 88.8 Å². The second kappa shape index (κ2) is 18.6. The van der Waals surface area contributed by atoms with Gasteiger partial charge in [-0.2, -0.15) is 0 Å². The van der Waals surface area contributed by atoms with E-state index in [0.717, 1.165) is 112 Å². The molecule has 0 bridgehead atoms. The summed E-state index contributed by atoms with van der Waals surface area (Å²) in [5.41, 5.74) is 3.56. The molecule has 0 saturated heterocycles. The summed E-state index contributed by atoms with van der Waals surface area (Å²) in [5, 5.41) is 27.3. The van der Waals surface area contributed by atoms with E-state index in [2.05, 4.69) is 10.6 Å². The van der Waals surface area contributed by atoms with Gasteiger partial charge in [0.2, 0.25) is 0 Å². The van der Waals surface area contributed by atoms with Crippen molar-refractivity contribution in [2.45, 2.75) is 128 Å². The molecule has 0 amide bonds. The van der Waals surface area contributed by atoms with Crippen LogP contribution in [0.1, 0.15) is 104 Å². The number of unbranched alkanes of at least 4 members (excludes halogenated alkanes) is 8. The molecule has 4 atom stereocenters. The number of aliphatic hydroxyl groups is 2. The van der Waals surface area contributed by atoms with Gasteiger partial charge in [-0.15, -0.1) is 0 Å². The van der Waals surface area contributed by atoms with Crippen molar-refractivity contribution >= 4 is 23.3 Å². The number of nitrogens with one attached hydrogen (secondary N) is 2. The number of esters is 2. The van der Waals surface area contributed by atoms with E-state index in [-0.39, 0.29) is 36.4 Å². The number of anilines is 2. The van der Waals surface area contributed by atoms with Crippen molar-refractivity contribution in [1.82, 2.24) is 0 Å². The molecule has 3 rings (SSSR count). The van der Waals surface area contributed by atoms with Crippen molar-refractivity contribution < 1.29 is 29.3 Å². The summed E-state index contributed by atoms with van der Waals surface area (Å²) in [6, 6.07) is 7.94.